The number of carbonyl (C=O) groups is 1. The summed E-state index contributed by atoms with van der Waals surface area (Å²) in [4.78, 5) is 16.5. The molecule has 2 amide bonds. The summed E-state index contributed by atoms with van der Waals surface area (Å²) in [5.41, 5.74) is 0.638. The Labute approximate surface area is 151 Å². The molecule has 0 radical (unpaired) electrons. The van der Waals surface area contributed by atoms with Crippen molar-refractivity contribution >= 4 is 39.7 Å². The molecule has 0 aliphatic carbocycles. The molecule has 0 saturated carbocycles. The van der Waals surface area contributed by atoms with Crippen molar-refractivity contribution in [1.29, 1.82) is 0 Å². The van der Waals surface area contributed by atoms with Crippen LogP contribution in [0, 0.1) is 18.6 Å². The molecule has 3 rings (SSSR count). The second-order valence-electron chi connectivity index (χ2n) is 5.07. The van der Waals surface area contributed by atoms with Gasteiger partial charge in [-0.3, -0.25) is 5.32 Å². The second-order valence-corrected chi connectivity index (χ2v) is 6.68. The fourth-order valence-electron chi connectivity index (χ4n) is 2.21. The van der Waals surface area contributed by atoms with Gasteiger partial charge >= 0.3 is 6.03 Å². The molecule has 4 nitrogen and oxygen atoms in total. The fraction of sp³-hybridized carbons (Fsp3) is 0.0588. The monoisotopic (exact) mass is 379 g/mol. The number of hydrogen-bond acceptors (Lipinski definition) is 3. The molecule has 1 heterocycles. The molecule has 1 aromatic heterocycles. The molecular formula is C17H12ClF2N3OS. The first-order valence-electron chi connectivity index (χ1n) is 7.20. The predicted molar refractivity (Wildman–Crippen MR) is 96.3 cm³/mol. The van der Waals surface area contributed by atoms with Crippen molar-refractivity contribution in [1.82, 2.24) is 4.98 Å². The van der Waals surface area contributed by atoms with Gasteiger partial charge in [0.1, 0.15) is 28.0 Å². The van der Waals surface area contributed by atoms with Gasteiger partial charge in [-0.05, 0) is 25.1 Å². The highest BCUT2D eigenvalue weighted by atomic mass is 35.5. The van der Waals surface area contributed by atoms with Gasteiger partial charge in [0.05, 0.1) is 10.0 Å². The van der Waals surface area contributed by atoms with Gasteiger partial charge < -0.3 is 5.32 Å². The number of thiazole rings is 1. The fourth-order valence-corrected chi connectivity index (χ4v) is 3.27. The molecule has 0 saturated heterocycles. The van der Waals surface area contributed by atoms with Crippen LogP contribution < -0.4 is 10.6 Å². The molecule has 0 aliphatic rings. The zero-order valence-electron chi connectivity index (χ0n) is 12.9. The molecule has 0 atom stereocenters. The molecule has 0 unspecified atom stereocenters. The van der Waals surface area contributed by atoms with Crippen LogP contribution in [0.5, 0.6) is 0 Å². The van der Waals surface area contributed by atoms with Crippen LogP contribution in [-0.4, -0.2) is 11.0 Å². The zero-order chi connectivity index (χ0) is 18.0. The van der Waals surface area contributed by atoms with Crippen molar-refractivity contribution in [3.05, 3.63) is 64.1 Å². The quantitative estimate of drug-likeness (QED) is 0.613. The minimum atomic E-state index is -0.859. The summed E-state index contributed by atoms with van der Waals surface area (Å²) in [6.45, 7) is 1.78. The highest BCUT2D eigenvalue weighted by Crippen LogP contribution is 2.36. The number of hydrogen-bond donors (Lipinski definition) is 2. The van der Waals surface area contributed by atoms with Crippen LogP contribution in [0.4, 0.5) is 24.3 Å². The number of nitrogens with one attached hydrogen (secondary N) is 2. The molecule has 8 heteroatoms. The first kappa shape index (κ1) is 17.3. The van der Waals surface area contributed by atoms with E-state index >= 15 is 0 Å². The zero-order valence-corrected chi connectivity index (χ0v) is 14.5. The number of urea groups is 1. The number of anilines is 2. The van der Waals surface area contributed by atoms with E-state index in [1.165, 1.54) is 17.4 Å². The van der Waals surface area contributed by atoms with Crippen LogP contribution in [0.15, 0.2) is 42.5 Å². The maximum atomic E-state index is 13.6. The van der Waals surface area contributed by atoms with E-state index in [1.807, 2.05) is 0 Å². The third-order valence-corrected chi connectivity index (χ3v) is 4.51. The van der Waals surface area contributed by atoms with Gasteiger partial charge in [-0.1, -0.05) is 35.9 Å². The lowest BCUT2D eigenvalue weighted by Gasteiger charge is -2.09. The Bertz CT molecular complexity index is 925. The predicted octanol–water partition coefficient (Wildman–Crippen LogP) is 5.69. The summed E-state index contributed by atoms with van der Waals surface area (Å²) in [5, 5.41) is 6.37. The van der Waals surface area contributed by atoms with Gasteiger partial charge in [0.25, 0.3) is 0 Å². The van der Waals surface area contributed by atoms with Crippen LogP contribution in [0.25, 0.3) is 11.3 Å². The van der Waals surface area contributed by atoms with Gasteiger partial charge in [0, 0.05) is 5.56 Å². The summed E-state index contributed by atoms with van der Waals surface area (Å²) >= 11 is 7.42. The van der Waals surface area contributed by atoms with Crippen LogP contribution in [0.1, 0.15) is 5.01 Å². The van der Waals surface area contributed by atoms with Crippen LogP contribution >= 0.6 is 22.9 Å². The lowest BCUT2D eigenvalue weighted by molar-refractivity contribution is 0.262. The van der Waals surface area contributed by atoms with Crippen molar-refractivity contribution in [2.45, 2.75) is 6.92 Å². The highest BCUT2D eigenvalue weighted by Gasteiger charge is 2.18. The average molecular weight is 380 g/mol. The number of rotatable bonds is 3. The molecule has 2 aromatic carbocycles. The average Bonchev–Trinajstić information content (AvgIpc) is 2.91. The molecule has 0 fully saturated rings. The topological polar surface area (TPSA) is 54.0 Å². The Morgan fingerprint density at radius 2 is 1.76 bits per heavy atom. The number of aryl methyl sites for hydroxylation is 1. The Kier molecular flexibility index (Phi) is 4.96. The van der Waals surface area contributed by atoms with E-state index in [9.17, 15) is 13.6 Å². The molecule has 0 spiro atoms. The summed E-state index contributed by atoms with van der Waals surface area (Å²) in [6, 6.07) is 9.63. The van der Waals surface area contributed by atoms with E-state index in [-0.39, 0.29) is 0 Å². The SMILES string of the molecule is Cc1nc(-c2ccccc2Cl)c(NC(=O)Nc2c(F)cccc2F)s1. The van der Waals surface area contributed by atoms with Gasteiger partial charge in [-0.25, -0.2) is 18.6 Å². The van der Waals surface area contributed by atoms with E-state index in [0.29, 0.717) is 26.3 Å². The van der Waals surface area contributed by atoms with E-state index < -0.39 is 23.4 Å². The second kappa shape index (κ2) is 7.16. The Hall–Kier alpha value is -2.51. The Balaban J connectivity index is 1.87. The van der Waals surface area contributed by atoms with Crippen molar-refractivity contribution in [3.8, 4) is 11.3 Å². The Morgan fingerprint density at radius 3 is 2.44 bits per heavy atom. The number of para-hydroxylation sites is 1. The summed E-state index contributed by atoms with van der Waals surface area (Å²) in [5.74, 6) is -1.72. The van der Waals surface area contributed by atoms with Gasteiger partial charge in [-0.15, -0.1) is 11.3 Å². The van der Waals surface area contributed by atoms with E-state index in [2.05, 4.69) is 15.6 Å². The lowest BCUT2D eigenvalue weighted by atomic mass is 10.1. The molecule has 0 aliphatic heterocycles. The van der Waals surface area contributed by atoms with Crippen LogP contribution in [0.3, 0.4) is 0 Å². The molecule has 128 valence electrons. The lowest BCUT2D eigenvalue weighted by Crippen LogP contribution is -2.20. The number of aromatic nitrogens is 1. The van der Waals surface area contributed by atoms with Crippen molar-refractivity contribution in [2.24, 2.45) is 0 Å². The van der Waals surface area contributed by atoms with Gasteiger partial charge in [-0.2, -0.15) is 0 Å². The summed E-state index contributed by atoms with van der Waals surface area (Å²) in [7, 11) is 0. The Morgan fingerprint density at radius 1 is 1.08 bits per heavy atom. The van der Waals surface area contributed by atoms with E-state index in [0.717, 1.165) is 12.1 Å². The molecule has 25 heavy (non-hydrogen) atoms. The largest absolute Gasteiger partial charge is 0.324 e. The molecule has 3 aromatic rings. The summed E-state index contributed by atoms with van der Waals surface area (Å²) in [6.07, 6.45) is 0. The van der Waals surface area contributed by atoms with Gasteiger partial charge in [0.15, 0.2) is 0 Å². The van der Waals surface area contributed by atoms with Crippen molar-refractivity contribution < 1.29 is 13.6 Å². The molecule has 0 bridgehead atoms. The van der Waals surface area contributed by atoms with Crippen LogP contribution in [-0.2, 0) is 0 Å². The van der Waals surface area contributed by atoms with Crippen molar-refractivity contribution in [2.75, 3.05) is 10.6 Å². The molecular weight excluding hydrogens is 368 g/mol. The van der Waals surface area contributed by atoms with Crippen molar-refractivity contribution in [3.63, 3.8) is 0 Å². The molecule has 2 N–H and O–H groups in total. The first-order chi connectivity index (χ1) is 12.0. The third kappa shape index (κ3) is 3.78. The van der Waals surface area contributed by atoms with E-state index in [4.69, 9.17) is 11.6 Å². The smallest absolute Gasteiger partial charge is 0.303 e. The standard InChI is InChI=1S/C17H12ClF2N3OS/c1-9-21-14(10-5-2-3-6-11(10)18)16(25-9)23-17(24)22-15-12(19)7-4-8-13(15)20/h2-8H,1H3,(H2,22,23,24). The maximum Gasteiger partial charge on any atom is 0.324 e. The number of benzene rings is 2. The maximum absolute atomic E-state index is 13.6. The highest BCUT2D eigenvalue weighted by molar-refractivity contribution is 7.16. The summed E-state index contributed by atoms with van der Waals surface area (Å²) < 4.78 is 27.3. The number of amides is 2. The number of halogens is 3. The van der Waals surface area contributed by atoms with E-state index in [1.54, 1.807) is 31.2 Å². The third-order valence-electron chi connectivity index (χ3n) is 3.29. The van der Waals surface area contributed by atoms with Crippen LogP contribution in [0.2, 0.25) is 5.02 Å². The minimum Gasteiger partial charge on any atom is -0.303 e. The number of carbonyl (C=O) groups excluding carboxylic acids is 1. The normalized spacial score (nSPS) is 10.6. The number of nitrogens with zero attached hydrogens (tertiary/aromatic N) is 1. The first-order valence-corrected chi connectivity index (χ1v) is 8.39. The van der Waals surface area contributed by atoms with Gasteiger partial charge in [0.2, 0.25) is 0 Å². The minimum absolute atomic E-state index is 0.430.